The first-order valence-electron chi connectivity index (χ1n) is 6.13. The zero-order valence-electron chi connectivity index (χ0n) is 11.5. The highest BCUT2D eigenvalue weighted by Gasteiger charge is 2.14. The lowest BCUT2D eigenvalue weighted by Gasteiger charge is -2.08. The predicted octanol–water partition coefficient (Wildman–Crippen LogP) is 2.50. The maximum absolute atomic E-state index is 10.9. The Labute approximate surface area is 125 Å². The van der Waals surface area contributed by atoms with Gasteiger partial charge in [0.15, 0.2) is 0 Å². The molecule has 0 aliphatic carbocycles. The van der Waals surface area contributed by atoms with Crippen molar-refractivity contribution in [2.45, 2.75) is 20.3 Å². The van der Waals surface area contributed by atoms with E-state index >= 15 is 0 Å². The van der Waals surface area contributed by atoms with Gasteiger partial charge in [-0.05, 0) is 19.1 Å². The zero-order chi connectivity index (χ0) is 15.4. The second-order valence-corrected chi connectivity index (χ2v) is 5.42. The van der Waals surface area contributed by atoms with E-state index in [0.717, 1.165) is 10.7 Å². The van der Waals surface area contributed by atoms with Crippen LogP contribution in [0.5, 0.6) is 11.5 Å². The molecule has 1 heterocycles. The summed E-state index contributed by atoms with van der Waals surface area (Å²) in [5.41, 5.74) is 1.40. The molecule has 2 aromatic rings. The van der Waals surface area contributed by atoms with E-state index in [1.807, 2.05) is 12.3 Å². The molecule has 6 nitrogen and oxygen atoms in total. The summed E-state index contributed by atoms with van der Waals surface area (Å²) in [6.07, 6.45) is 0.293. The van der Waals surface area contributed by atoms with Gasteiger partial charge >= 0.3 is 5.97 Å². The van der Waals surface area contributed by atoms with Crippen LogP contribution in [0.4, 0.5) is 0 Å². The number of aromatic hydroxyl groups is 1. The number of ether oxygens (including phenoxy) is 1. The van der Waals surface area contributed by atoms with Gasteiger partial charge in [-0.2, -0.15) is 0 Å². The summed E-state index contributed by atoms with van der Waals surface area (Å²) >= 11 is 1.50. The molecule has 110 valence electrons. The van der Waals surface area contributed by atoms with E-state index in [1.165, 1.54) is 36.5 Å². The van der Waals surface area contributed by atoms with Gasteiger partial charge in [-0.1, -0.05) is 5.16 Å². The molecule has 0 saturated carbocycles. The number of phenols is 1. The van der Waals surface area contributed by atoms with Crippen LogP contribution >= 0.6 is 11.3 Å². The van der Waals surface area contributed by atoms with Crippen molar-refractivity contribution in [2.24, 2.45) is 5.16 Å². The highest BCUT2D eigenvalue weighted by atomic mass is 32.1. The topological polar surface area (TPSA) is 92.0 Å². The highest BCUT2D eigenvalue weighted by molar-refractivity contribution is 7.09. The third-order valence-corrected chi connectivity index (χ3v) is 3.50. The molecule has 1 aromatic heterocycles. The highest BCUT2D eigenvalue weighted by Crippen LogP contribution is 2.25. The second kappa shape index (κ2) is 6.36. The quantitative estimate of drug-likeness (QED) is 0.298. The summed E-state index contributed by atoms with van der Waals surface area (Å²) < 4.78 is 4.87. The van der Waals surface area contributed by atoms with Crippen molar-refractivity contribution in [1.29, 1.82) is 0 Å². The van der Waals surface area contributed by atoms with Gasteiger partial charge in [-0.15, -0.1) is 11.3 Å². The van der Waals surface area contributed by atoms with Crippen LogP contribution in [-0.2, 0) is 11.2 Å². The van der Waals surface area contributed by atoms with Crippen LogP contribution in [0.15, 0.2) is 28.7 Å². The number of hydrogen-bond donors (Lipinski definition) is 2. The Morgan fingerprint density at radius 1 is 1.48 bits per heavy atom. The molecule has 0 radical (unpaired) electrons. The van der Waals surface area contributed by atoms with Crippen molar-refractivity contribution >= 4 is 23.0 Å². The van der Waals surface area contributed by atoms with Crippen molar-refractivity contribution in [2.75, 3.05) is 0 Å². The van der Waals surface area contributed by atoms with E-state index in [2.05, 4.69) is 10.1 Å². The lowest BCUT2D eigenvalue weighted by Crippen LogP contribution is -2.07. The van der Waals surface area contributed by atoms with Gasteiger partial charge < -0.3 is 15.1 Å². The minimum Gasteiger partial charge on any atom is -0.507 e. The first-order chi connectivity index (χ1) is 9.99. The van der Waals surface area contributed by atoms with Gasteiger partial charge in [0.1, 0.15) is 11.5 Å². The summed E-state index contributed by atoms with van der Waals surface area (Å²) in [7, 11) is 0. The Hall–Kier alpha value is -2.41. The van der Waals surface area contributed by atoms with Gasteiger partial charge in [-0.25, -0.2) is 4.98 Å². The van der Waals surface area contributed by atoms with Crippen molar-refractivity contribution in [3.05, 3.63) is 39.8 Å². The molecule has 7 heteroatoms. The molecule has 0 unspecified atom stereocenters. The number of rotatable bonds is 4. The first kappa shape index (κ1) is 15.0. The van der Waals surface area contributed by atoms with Crippen LogP contribution in [0.2, 0.25) is 0 Å². The molecular formula is C14H14N2O4S. The van der Waals surface area contributed by atoms with Gasteiger partial charge in [-0.3, -0.25) is 4.79 Å². The SMILES string of the molecule is CC(=O)Oc1ccc(C(Cc2csc(C)n2)=NO)c(O)c1. The molecule has 0 aliphatic heterocycles. The fourth-order valence-electron chi connectivity index (χ4n) is 1.83. The Bertz CT molecular complexity index is 694. The zero-order valence-corrected chi connectivity index (χ0v) is 12.3. The molecule has 2 N–H and O–H groups in total. The maximum Gasteiger partial charge on any atom is 0.308 e. The van der Waals surface area contributed by atoms with Crippen LogP contribution in [0.3, 0.4) is 0 Å². The normalized spacial score (nSPS) is 11.4. The number of benzene rings is 1. The second-order valence-electron chi connectivity index (χ2n) is 4.35. The molecule has 2 rings (SSSR count). The molecule has 1 aromatic carbocycles. The lowest BCUT2D eigenvalue weighted by molar-refractivity contribution is -0.131. The molecule has 0 amide bonds. The summed E-state index contributed by atoms with van der Waals surface area (Å²) in [5, 5.41) is 25.1. The van der Waals surface area contributed by atoms with Gasteiger partial charge in [0.2, 0.25) is 0 Å². The van der Waals surface area contributed by atoms with Crippen molar-refractivity contribution in [3.8, 4) is 11.5 Å². The van der Waals surface area contributed by atoms with Gasteiger partial charge in [0.05, 0.1) is 16.4 Å². The first-order valence-corrected chi connectivity index (χ1v) is 7.01. The Kier molecular flexibility index (Phi) is 4.54. The molecule has 0 aliphatic rings. The van der Waals surface area contributed by atoms with Crippen LogP contribution in [-0.4, -0.2) is 27.0 Å². The fraction of sp³-hybridized carbons (Fsp3) is 0.214. The van der Waals surface area contributed by atoms with Gasteiger partial charge in [0, 0.05) is 30.4 Å². The summed E-state index contributed by atoms with van der Waals surface area (Å²) in [6.45, 7) is 3.16. The summed E-state index contributed by atoms with van der Waals surface area (Å²) in [6, 6.07) is 4.35. The minimum absolute atomic E-state index is 0.131. The number of aromatic nitrogens is 1. The number of esters is 1. The number of hydrogen-bond acceptors (Lipinski definition) is 7. The number of nitrogens with zero attached hydrogens (tertiary/aromatic N) is 2. The van der Waals surface area contributed by atoms with Crippen molar-refractivity contribution in [3.63, 3.8) is 0 Å². The monoisotopic (exact) mass is 306 g/mol. The third kappa shape index (κ3) is 3.79. The Balaban J connectivity index is 2.24. The molecular weight excluding hydrogens is 292 g/mol. The number of oxime groups is 1. The number of aryl methyl sites for hydroxylation is 1. The van der Waals surface area contributed by atoms with E-state index in [0.29, 0.717) is 12.0 Å². The Morgan fingerprint density at radius 3 is 2.76 bits per heavy atom. The molecule has 21 heavy (non-hydrogen) atoms. The standard InChI is InChI=1S/C14H14N2O4S/c1-8-15-10(7-21-8)5-13(16-19)12-4-3-11(6-14(12)18)20-9(2)17/h3-4,6-7,18-19H,5H2,1-2H3. The van der Waals surface area contributed by atoms with E-state index in [4.69, 9.17) is 9.94 Å². The molecule has 0 fully saturated rings. The molecule has 0 saturated heterocycles. The number of phenolic OH excluding ortho intramolecular Hbond substituents is 1. The van der Waals surface area contributed by atoms with Crippen molar-refractivity contribution in [1.82, 2.24) is 4.98 Å². The predicted molar refractivity (Wildman–Crippen MR) is 78.3 cm³/mol. The molecule has 0 spiro atoms. The maximum atomic E-state index is 10.9. The smallest absolute Gasteiger partial charge is 0.308 e. The molecule has 0 bridgehead atoms. The summed E-state index contributed by atoms with van der Waals surface area (Å²) in [5.74, 6) is -0.379. The summed E-state index contributed by atoms with van der Waals surface area (Å²) in [4.78, 5) is 15.2. The van der Waals surface area contributed by atoms with E-state index < -0.39 is 5.97 Å². The minimum atomic E-state index is -0.476. The fourth-order valence-corrected chi connectivity index (χ4v) is 2.44. The van der Waals surface area contributed by atoms with E-state index in [-0.39, 0.29) is 17.2 Å². The van der Waals surface area contributed by atoms with Crippen LogP contribution in [0.1, 0.15) is 23.2 Å². The number of carbonyl (C=O) groups excluding carboxylic acids is 1. The van der Waals surface area contributed by atoms with Crippen LogP contribution < -0.4 is 4.74 Å². The average molecular weight is 306 g/mol. The van der Waals surface area contributed by atoms with E-state index in [9.17, 15) is 9.90 Å². The number of thiazole rings is 1. The number of carbonyl (C=O) groups is 1. The van der Waals surface area contributed by atoms with Crippen molar-refractivity contribution < 1.29 is 19.8 Å². The van der Waals surface area contributed by atoms with Crippen LogP contribution in [0.25, 0.3) is 0 Å². The van der Waals surface area contributed by atoms with E-state index in [1.54, 1.807) is 0 Å². The average Bonchev–Trinajstić information content (AvgIpc) is 2.81. The molecule has 0 atom stereocenters. The lowest BCUT2D eigenvalue weighted by atomic mass is 10.0. The van der Waals surface area contributed by atoms with Gasteiger partial charge in [0.25, 0.3) is 0 Å². The third-order valence-electron chi connectivity index (χ3n) is 2.68. The Morgan fingerprint density at radius 2 is 2.24 bits per heavy atom. The largest absolute Gasteiger partial charge is 0.507 e. The van der Waals surface area contributed by atoms with Crippen LogP contribution in [0, 0.1) is 6.92 Å².